The third kappa shape index (κ3) is 2.46. The Balaban J connectivity index is 1.97. The summed E-state index contributed by atoms with van der Waals surface area (Å²) in [6, 6.07) is 4.83. The Labute approximate surface area is 129 Å². The molecule has 1 atom stereocenters. The molecule has 0 aliphatic carbocycles. The molecule has 22 heavy (non-hydrogen) atoms. The summed E-state index contributed by atoms with van der Waals surface area (Å²) in [6.45, 7) is 1.08. The second-order valence-corrected chi connectivity index (χ2v) is 7.70. The number of halogens is 1. The fourth-order valence-corrected chi connectivity index (χ4v) is 4.18. The van der Waals surface area contributed by atoms with Crippen molar-refractivity contribution in [2.45, 2.75) is 18.1 Å². The number of aromatic nitrogens is 2. The Morgan fingerprint density at radius 2 is 2.18 bits per heavy atom. The number of fused-ring (bicyclic) bond motifs is 1. The number of sulfonamides is 1. The van der Waals surface area contributed by atoms with Crippen molar-refractivity contribution in [3.05, 3.63) is 24.0 Å². The van der Waals surface area contributed by atoms with Crippen LogP contribution in [0.2, 0.25) is 0 Å². The molecule has 1 aliphatic heterocycles. The highest BCUT2D eigenvalue weighted by Crippen LogP contribution is 2.26. The Kier molecular flexibility index (Phi) is 3.82. The topological polar surface area (TPSA) is 67.2 Å². The number of hydrogen-bond donors (Lipinski definition) is 1. The number of imidazole rings is 1. The second-order valence-electron chi connectivity index (χ2n) is 5.54. The van der Waals surface area contributed by atoms with Crippen LogP contribution in [0.15, 0.2) is 18.2 Å². The van der Waals surface area contributed by atoms with Crippen molar-refractivity contribution < 1.29 is 12.8 Å². The molecule has 2 heterocycles. The summed E-state index contributed by atoms with van der Waals surface area (Å²) in [5.41, 5.74) is 1.02. The maximum absolute atomic E-state index is 13.9. The van der Waals surface area contributed by atoms with Gasteiger partial charge in [-0.3, -0.25) is 0 Å². The lowest BCUT2D eigenvalue weighted by atomic mass is 10.1. The zero-order valence-corrected chi connectivity index (χ0v) is 13.4. The number of piperidine rings is 1. The number of aryl methyl sites for hydroxylation is 1. The summed E-state index contributed by atoms with van der Waals surface area (Å²) in [5, 5.41) is -0.476. The first-order chi connectivity index (χ1) is 10.4. The van der Waals surface area contributed by atoms with Gasteiger partial charge in [0.2, 0.25) is 16.0 Å². The number of anilines is 1. The minimum atomic E-state index is -3.32. The maximum Gasteiger partial charge on any atom is 0.215 e. The Hall–Kier alpha value is -1.67. The van der Waals surface area contributed by atoms with Crippen LogP contribution >= 0.6 is 0 Å². The predicted octanol–water partition coefficient (Wildman–Crippen LogP) is 1.23. The minimum absolute atomic E-state index is 0.318. The van der Waals surface area contributed by atoms with E-state index >= 15 is 0 Å². The molecule has 0 saturated carbocycles. The van der Waals surface area contributed by atoms with Gasteiger partial charge in [-0.2, -0.15) is 0 Å². The molecule has 0 radical (unpaired) electrons. The van der Waals surface area contributed by atoms with Crippen molar-refractivity contribution in [2.24, 2.45) is 7.05 Å². The molecule has 2 aromatic rings. The number of para-hydroxylation sites is 1. The zero-order valence-electron chi connectivity index (χ0n) is 12.6. The number of nitrogens with one attached hydrogen (secondary N) is 1. The van der Waals surface area contributed by atoms with Crippen LogP contribution < -0.4 is 9.62 Å². The average Bonchev–Trinajstić information content (AvgIpc) is 2.86. The normalized spacial score (nSPS) is 19.8. The van der Waals surface area contributed by atoms with Crippen LogP contribution in [0.1, 0.15) is 12.8 Å². The minimum Gasteiger partial charge on any atom is -0.341 e. The van der Waals surface area contributed by atoms with Crippen molar-refractivity contribution in [1.29, 1.82) is 0 Å². The molecule has 8 heteroatoms. The van der Waals surface area contributed by atoms with Gasteiger partial charge < -0.3 is 9.47 Å². The summed E-state index contributed by atoms with van der Waals surface area (Å²) < 4.78 is 42.1. The Morgan fingerprint density at radius 1 is 1.41 bits per heavy atom. The number of rotatable bonds is 3. The van der Waals surface area contributed by atoms with Gasteiger partial charge in [0.25, 0.3) is 0 Å². The summed E-state index contributed by atoms with van der Waals surface area (Å²) in [4.78, 5) is 6.30. The van der Waals surface area contributed by atoms with Crippen molar-refractivity contribution in [3.63, 3.8) is 0 Å². The summed E-state index contributed by atoms with van der Waals surface area (Å²) in [6.07, 6.45) is 1.38. The van der Waals surface area contributed by atoms with E-state index in [2.05, 4.69) is 9.71 Å². The lowest BCUT2D eigenvalue weighted by Crippen LogP contribution is -2.46. The molecule has 1 aliphatic rings. The van der Waals surface area contributed by atoms with Crippen LogP contribution in [-0.2, 0) is 17.1 Å². The second kappa shape index (κ2) is 5.51. The quantitative estimate of drug-likeness (QED) is 0.921. The van der Waals surface area contributed by atoms with Crippen LogP contribution in [0, 0.1) is 5.82 Å². The summed E-state index contributed by atoms with van der Waals surface area (Å²) >= 11 is 0. The SMILES string of the molecule is CNS(=O)(=O)C1CCCN(c2nc3c(F)cccc3n2C)C1. The summed E-state index contributed by atoms with van der Waals surface area (Å²) in [5.74, 6) is 0.242. The van der Waals surface area contributed by atoms with E-state index in [9.17, 15) is 12.8 Å². The third-order valence-corrected chi connectivity index (χ3v) is 6.05. The van der Waals surface area contributed by atoms with Crippen molar-refractivity contribution in [1.82, 2.24) is 14.3 Å². The van der Waals surface area contributed by atoms with Gasteiger partial charge in [0, 0.05) is 20.1 Å². The van der Waals surface area contributed by atoms with Crippen LogP contribution in [0.25, 0.3) is 11.0 Å². The Morgan fingerprint density at radius 3 is 2.86 bits per heavy atom. The lowest BCUT2D eigenvalue weighted by Gasteiger charge is -2.32. The van der Waals surface area contributed by atoms with Crippen LogP contribution in [0.3, 0.4) is 0 Å². The highest BCUT2D eigenvalue weighted by atomic mass is 32.2. The molecular weight excluding hydrogens is 307 g/mol. The maximum atomic E-state index is 13.9. The van der Waals surface area contributed by atoms with E-state index in [4.69, 9.17) is 0 Å². The molecule has 1 fully saturated rings. The molecule has 120 valence electrons. The van der Waals surface area contributed by atoms with Crippen molar-refractivity contribution >= 4 is 27.0 Å². The molecule has 6 nitrogen and oxygen atoms in total. The Bertz CT molecular complexity index is 803. The van der Waals surface area contributed by atoms with Gasteiger partial charge >= 0.3 is 0 Å². The van der Waals surface area contributed by atoms with Gasteiger partial charge in [0.05, 0.1) is 10.8 Å². The average molecular weight is 326 g/mol. The number of benzene rings is 1. The zero-order chi connectivity index (χ0) is 15.9. The van der Waals surface area contributed by atoms with Crippen LogP contribution in [-0.4, -0.2) is 43.4 Å². The molecular formula is C14H19FN4O2S. The van der Waals surface area contributed by atoms with Crippen molar-refractivity contribution in [3.8, 4) is 0 Å². The molecule has 1 aromatic carbocycles. The van der Waals surface area contributed by atoms with E-state index in [0.717, 1.165) is 6.42 Å². The molecule has 1 aromatic heterocycles. The smallest absolute Gasteiger partial charge is 0.215 e. The first kappa shape index (κ1) is 15.2. The molecule has 1 N–H and O–H groups in total. The van der Waals surface area contributed by atoms with Gasteiger partial charge in [0.1, 0.15) is 5.52 Å². The number of nitrogens with zero attached hydrogens (tertiary/aromatic N) is 3. The first-order valence-electron chi connectivity index (χ1n) is 7.22. The molecule has 1 unspecified atom stereocenters. The molecule has 0 bridgehead atoms. The fourth-order valence-electron chi connectivity index (χ4n) is 2.99. The van der Waals surface area contributed by atoms with Crippen LogP contribution in [0.5, 0.6) is 0 Å². The van der Waals surface area contributed by atoms with E-state index in [1.807, 2.05) is 16.5 Å². The summed E-state index contributed by atoms with van der Waals surface area (Å²) in [7, 11) is -0.0670. The van der Waals surface area contributed by atoms with Gasteiger partial charge in [-0.05, 0) is 32.0 Å². The van der Waals surface area contributed by atoms with Gasteiger partial charge in [-0.1, -0.05) is 6.07 Å². The van der Waals surface area contributed by atoms with E-state index < -0.39 is 15.3 Å². The molecule has 1 saturated heterocycles. The van der Waals surface area contributed by atoms with Crippen LogP contribution in [0.4, 0.5) is 10.3 Å². The lowest BCUT2D eigenvalue weighted by molar-refractivity contribution is 0.520. The van der Waals surface area contributed by atoms with Gasteiger partial charge in [-0.25, -0.2) is 22.5 Å². The highest BCUT2D eigenvalue weighted by Gasteiger charge is 2.31. The largest absolute Gasteiger partial charge is 0.341 e. The first-order valence-corrected chi connectivity index (χ1v) is 8.77. The molecule has 0 spiro atoms. The van der Waals surface area contributed by atoms with Gasteiger partial charge in [-0.15, -0.1) is 0 Å². The standard InChI is InChI=1S/C14H19FN4O2S/c1-16-22(20,21)10-5-4-8-19(9-10)14-17-13-11(15)6-3-7-12(13)18(14)2/h3,6-7,10,16H,4-5,8-9H2,1-2H3. The number of hydrogen-bond acceptors (Lipinski definition) is 4. The third-order valence-electron chi connectivity index (χ3n) is 4.22. The molecule has 3 rings (SSSR count). The van der Waals surface area contributed by atoms with E-state index in [0.29, 0.717) is 36.5 Å². The van der Waals surface area contributed by atoms with E-state index in [-0.39, 0.29) is 5.82 Å². The fraction of sp³-hybridized carbons (Fsp3) is 0.500. The predicted molar refractivity (Wildman–Crippen MR) is 83.9 cm³/mol. The highest BCUT2D eigenvalue weighted by molar-refractivity contribution is 7.90. The van der Waals surface area contributed by atoms with E-state index in [1.165, 1.54) is 13.1 Å². The van der Waals surface area contributed by atoms with E-state index in [1.54, 1.807) is 12.1 Å². The van der Waals surface area contributed by atoms with Gasteiger partial charge in [0.15, 0.2) is 5.82 Å². The molecule has 0 amide bonds. The van der Waals surface area contributed by atoms with Crippen molar-refractivity contribution in [2.75, 3.05) is 25.0 Å². The monoisotopic (exact) mass is 326 g/mol.